The summed E-state index contributed by atoms with van der Waals surface area (Å²) < 4.78 is 19.6. The number of nitrogens with zero attached hydrogens (tertiary/aromatic N) is 1. The van der Waals surface area contributed by atoms with Crippen LogP contribution < -0.4 is 11.1 Å². The summed E-state index contributed by atoms with van der Waals surface area (Å²) >= 11 is 0. The highest BCUT2D eigenvalue weighted by atomic mass is 19.1. The van der Waals surface area contributed by atoms with Crippen molar-refractivity contribution < 1.29 is 19.4 Å². The standard InChI is InChI=1S/C14H20FN3O3/c15-12-10(2-1-3-11(12)13(16)18-20)8-17-14(9-19)4-6-21-7-5-14/h1-3,17,19-20H,4-9H2,(H2,16,18). The number of aliphatic hydroxyl groups excluding tert-OH is 1. The molecule has 0 radical (unpaired) electrons. The average Bonchev–Trinajstić information content (AvgIpc) is 2.54. The van der Waals surface area contributed by atoms with Crippen LogP contribution in [0.3, 0.4) is 0 Å². The van der Waals surface area contributed by atoms with Crippen molar-refractivity contribution in [2.45, 2.75) is 24.9 Å². The second-order valence-electron chi connectivity index (χ2n) is 5.17. The number of rotatable bonds is 5. The topological polar surface area (TPSA) is 100 Å². The summed E-state index contributed by atoms with van der Waals surface area (Å²) in [6, 6.07) is 4.72. The van der Waals surface area contributed by atoms with E-state index in [-0.39, 0.29) is 24.6 Å². The molecule has 0 amide bonds. The normalized spacial score (nSPS) is 18.7. The number of amidine groups is 1. The molecule has 0 atom stereocenters. The van der Waals surface area contributed by atoms with Crippen LogP contribution in [0.4, 0.5) is 4.39 Å². The second-order valence-corrected chi connectivity index (χ2v) is 5.17. The number of hydrogen-bond acceptors (Lipinski definition) is 5. The van der Waals surface area contributed by atoms with Crippen LogP contribution in [-0.2, 0) is 11.3 Å². The van der Waals surface area contributed by atoms with Crippen molar-refractivity contribution in [1.82, 2.24) is 5.32 Å². The lowest BCUT2D eigenvalue weighted by Crippen LogP contribution is -2.52. The molecule has 116 valence electrons. The largest absolute Gasteiger partial charge is 0.409 e. The van der Waals surface area contributed by atoms with Gasteiger partial charge in [0.15, 0.2) is 5.84 Å². The van der Waals surface area contributed by atoms with Gasteiger partial charge in [0.2, 0.25) is 0 Å². The molecule has 0 aromatic heterocycles. The molecule has 1 heterocycles. The van der Waals surface area contributed by atoms with Crippen molar-refractivity contribution in [1.29, 1.82) is 0 Å². The number of nitrogens with one attached hydrogen (secondary N) is 1. The molecular formula is C14H20FN3O3. The molecule has 0 bridgehead atoms. The number of halogens is 1. The summed E-state index contributed by atoms with van der Waals surface area (Å²) in [5, 5.41) is 24.3. The summed E-state index contributed by atoms with van der Waals surface area (Å²) in [5.41, 5.74) is 5.45. The Morgan fingerprint density at radius 1 is 1.43 bits per heavy atom. The maximum Gasteiger partial charge on any atom is 0.173 e. The predicted octanol–water partition coefficient (Wildman–Crippen LogP) is 0.551. The molecular weight excluding hydrogens is 277 g/mol. The summed E-state index contributed by atoms with van der Waals surface area (Å²) in [7, 11) is 0. The first-order valence-electron chi connectivity index (χ1n) is 6.81. The predicted molar refractivity (Wildman–Crippen MR) is 75.6 cm³/mol. The van der Waals surface area contributed by atoms with Gasteiger partial charge in [-0.1, -0.05) is 17.3 Å². The van der Waals surface area contributed by atoms with Crippen molar-refractivity contribution in [2.75, 3.05) is 19.8 Å². The quantitative estimate of drug-likeness (QED) is 0.275. The van der Waals surface area contributed by atoms with Crippen LogP contribution in [0.15, 0.2) is 23.4 Å². The Labute approximate surface area is 122 Å². The van der Waals surface area contributed by atoms with Crippen LogP contribution in [0, 0.1) is 5.82 Å². The fourth-order valence-electron chi connectivity index (χ4n) is 2.40. The third kappa shape index (κ3) is 3.49. The zero-order valence-electron chi connectivity index (χ0n) is 11.7. The highest BCUT2D eigenvalue weighted by Gasteiger charge is 2.31. The Morgan fingerprint density at radius 2 is 2.14 bits per heavy atom. The van der Waals surface area contributed by atoms with Crippen molar-refractivity contribution in [2.24, 2.45) is 10.9 Å². The lowest BCUT2D eigenvalue weighted by atomic mass is 9.90. The van der Waals surface area contributed by atoms with E-state index in [1.807, 2.05) is 0 Å². The maximum absolute atomic E-state index is 14.3. The maximum atomic E-state index is 14.3. The first-order chi connectivity index (χ1) is 10.1. The van der Waals surface area contributed by atoms with Crippen molar-refractivity contribution in [3.63, 3.8) is 0 Å². The summed E-state index contributed by atoms with van der Waals surface area (Å²) in [6.07, 6.45) is 1.34. The van der Waals surface area contributed by atoms with E-state index in [9.17, 15) is 9.50 Å². The first-order valence-corrected chi connectivity index (χ1v) is 6.81. The number of benzene rings is 1. The zero-order valence-corrected chi connectivity index (χ0v) is 11.7. The number of oxime groups is 1. The minimum atomic E-state index is -0.527. The fraction of sp³-hybridized carbons (Fsp3) is 0.500. The van der Waals surface area contributed by atoms with Crippen LogP contribution in [-0.4, -0.2) is 41.5 Å². The summed E-state index contributed by atoms with van der Waals surface area (Å²) in [5.74, 6) is -0.794. The van der Waals surface area contributed by atoms with Gasteiger partial charge in [-0.3, -0.25) is 0 Å². The average molecular weight is 297 g/mol. The van der Waals surface area contributed by atoms with Gasteiger partial charge in [-0.05, 0) is 18.9 Å². The third-order valence-electron chi connectivity index (χ3n) is 3.87. The lowest BCUT2D eigenvalue weighted by molar-refractivity contribution is 0.0110. The van der Waals surface area contributed by atoms with E-state index >= 15 is 0 Å². The van der Waals surface area contributed by atoms with Gasteiger partial charge in [-0.25, -0.2) is 4.39 Å². The van der Waals surface area contributed by atoms with Gasteiger partial charge in [-0.15, -0.1) is 0 Å². The van der Waals surface area contributed by atoms with E-state index < -0.39 is 11.4 Å². The van der Waals surface area contributed by atoms with E-state index in [1.165, 1.54) is 6.07 Å². The SMILES string of the molecule is N/C(=N/O)c1cccc(CNC2(CO)CCOCC2)c1F. The highest BCUT2D eigenvalue weighted by Crippen LogP contribution is 2.21. The number of aliphatic hydroxyl groups is 1. The van der Waals surface area contributed by atoms with Gasteiger partial charge in [0.25, 0.3) is 0 Å². The Balaban J connectivity index is 2.13. The number of hydrogen-bond donors (Lipinski definition) is 4. The molecule has 1 saturated heterocycles. The molecule has 21 heavy (non-hydrogen) atoms. The molecule has 2 rings (SSSR count). The number of nitrogens with two attached hydrogens (primary N) is 1. The van der Waals surface area contributed by atoms with E-state index in [0.29, 0.717) is 31.6 Å². The van der Waals surface area contributed by atoms with Crippen LogP contribution in [0.1, 0.15) is 24.0 Å². The molecule has 1 aromatic carbocycles. The summed E-state index contributed by atoms with van der Waals surface area (Å²) in [6.45, 7) is 1.36. The molecule has 0 saturated carbocycles. The monoisotopic (exact) mass is 297 g/mol. The molecule has 0 aliphatic carbocycles. The highest BCUT2D eigenvalue weighted by molar-refractivity contribution is 5.97. The number of ether oxygens (including phenoxy) is 1. The Hall–Kier alpha value is -1.70. The molecule has 1 fully saturated rings. The van der Waals surface area contributed by atoms with Gasteiger partial charge >= 0.3 is 0 Å². The van der Waals surface area contributed by atoms with Crippen LogP contribution >= 0.6 is 0 Å². The van der Waals surface area contributed by atoms with E-state index in [0.717, 1.165) is 0 Å². The van der Waals surface area contributed by atoms with Gasteiger partial charge in [0.1, 0.15) is 5.82 Å². The molecule has 1 aliphatic rings. The molecule has 0 unspecified atom stereocenters. The fourth-order valence-corrected chi connectivity index (χ4v) is 2.40. The first kappa shape index (κ1) is 15.7. The van der Waals surface area contributed by atoms with Crippen LogP contribution in [0.5, 0.6) is 0 Å². The smallest absolute Gasteiger partial charge is 0.173 e. The zero-order chi connectivity index (χ0) is 15.3. The Bertz CT molecular complexity index is 516. The minimum absolute atomic E-state index is 0.0299. The third-order valence-corrected chi connectivity index (χ3v) is 3.87. The minimum Gasteiger partial charge on any atom is -0.409 e. The van der Waals surface area contributed by atoms with Gasteiger partial charge in [-0.2, -0.15) is 0 Å². The van der Waals surface area contributed by atoms with Gasteiger partial charge < -0.3 is 26.1 Å². The van der Waals surface area contributed by atoms with Gasteiger partial charge in [0.05, 0.1) is 12.2 Å². The van der Waals surface area contributed by atoms with E-state index in [4.69, 9.17) is 15.7 Å². The van der Waals surface area contributed by atoms with E-state index in [1.54, 1.807) is 12.1 Å². The van der Waals surface area contributed by atoms with Crippen LogP contribution in [0.25, 0.3) is 0 Å². The van der Waals surface area contributed by atoms with E-state index in [2.05, 4.69) is 10.5 Å². The van der Waals surface area contributed by atoms with Crippen molar-refractivity contribution in [3.05, 3.63) is 35.1 Å². The molecule has 5 N–H and O–H groups in total. The molecule has 1 aliphatic heterocycles. The molecule has 7 heteroatoms. The summed E-state index contributed by atoms with van der Waals surface area (Å²) in [4.78, 5) is 0. The van der Waals surface area contributed by atoms with Crippen molar-refractivity contribution >= 4 is 5.84 Å². The second kappa shape index (κ2) is 6.84. The van der Waals surface area contributed by atoms with Crippen LogP contribution in [0.2, 0.25) is 0 Å². The lowest BCUT2D eigenvalue weighted by Gasteiger charge is -2.36. The molecule has 0 spiro atoms. The molecule has 6 nitrogen and oxygen atoms in total. The Kier molecular flexibility index (Phi) is 5.11. The van der Waals surface area contributed by atoms with Gasteiger partial charge in [0, 0.05) is 30.9 Å². The van der Waals surface area contributed by atoms with Crippen molar-refractivity contribution in [3.8, 4) is 0 Å². The molecule has 1 aromatic rings. The Morgan fingerprint density at radius 3 is 2.76 bits per heavy atom.